The van der Waals surface area contributed by atoms with Gasteiger partial charge >= 0.3 is 0 Å². The van der Waals surface area contributed by atoms with Crippen molar-refractivity contribution < 1.29 is 0 Å². The van der Waals surface area contributed by atoms with Gasteiger partial charge < -0.3 is 5.32 Å². The highest BCUT2D eigenvalue weighted by molar-refractivity contribution is 5.58. The van der Waals surface area contributed by atoms with Gasteiger partial charge in [0.1, 0.15) is 0 Å². The molecule has 0 unspecified atom stereocenters. The van der Waals surface area contributed by atoms with Crippen LogP contribution in [0.2, 0.25) is 0 Å². The predicted molar refractivity (Wildman–Crippen MR) is 84.4 cm³/mol. The minimum Gasteiger partial charge on any atom is -0.371 e. The van der Waals surface area contributed by atoms with Crippen LogP contribution in [0.3, 0.4) is 0 Å². The van der Waals surface area contributed by atoms with Crippen molar-refractivity contribution in [2.45, 2.75) is 13.0 Å². The third-order valence-corrected chi connectivity index (χ3v) is 3.70. The molecule has 0 saturated heterocycles. The van der Waals surface area contributed by atoms with Gasteiger partial charge in [-0.3, -0.25) is 9.59 Å². The molecule has 0 aliphatic carbocycles. The van der Waals surface area contributed by atoms with Crippen LogP contribution in [0.1, 0.15) is 22.7 Å². The molecular formula is C18H15NO2. The molecule has 1 N–H and O–H groups in total. The molecular weight excluding hydrogens is 262 g/mol. The van der Waals surface area contributed by atoms with E-state index in [4.69, 9.17) is 0 Å². The Morgan fingerprint density at radius 2 is 1.24 bits per heavy atom. The molecule has 0 radical (unpaired) electrons. The van der Waals surface area contributed by atoms with E-state index in [2.05, 4.69) is 5.32 Å². The standard InChI is InChI=1S/C18H15NO2/c1-12-15(18(21)17(12)20)19-16(13-8-4-2-5-9-13)14-10-6-3-7-11-14/h2-11,16,19H,1H3. The summed E-state index contributed by atoms with van der Waals surface area (Å²) >= 11 is 0. The maximum absolute atomic E-state index is 11.7. The summed E-state index contributed by atoms with van der Waals surface area (Å²) in [5.74, 6) is 0. The van der Waals surface area contributed by atoms with Crippen LogP contribution in [-0.2, 0) is 0 Å². The summed E-state index contributed by atoms with van der Waals surface area (Å²) in [6.45, 7) is 1.68. The number of nitrogens with one attached hydrogen (secondary N) is 1. The first-order valence-electron chi connectivity index (χ1n) is 6.85. The molecule has 0 spiro atoms. The van der Waals surface area contributed by atoms with E-state index in [0.717, 1.165) is 11.1 Å². The van der Waals surface area contributed by atoms with E-state index in [1.807, 2.05) is 60.7 Å². The zero-order chi connectivity index (χ0) is 14.8. The third kappa shape index (κ3) is 2.38. The molecule has 21 heavy (non-hydrogen) atoms. The minimum atomic E-state index is -0.427. The van der Waals surface area contributed by atoms with Crippen LogP contribution >= 0.6 is 0 Å². The summed E-state index contributed by atoms with van der Waals surface area (Å²) in [5.41, 5.74) is 2.23. The smallest absolute Gasteiger partial charge is 0.249 e. The van der Waals surface area contributed by atoms with Crippen LogP contribution in [-0.4, -0.2) is 0 Å². The maximum Gasteiger partial charge on any atom is 0.249 e. The van der Waals surface area contributed by atoms with E-state index < -0.39 is 10.9 Å². The third-order valence-electron chi connectivity index (χ3n) is 3.70. The molecule has 0 heterocycles. The zero-order valence-corrected chi connectivity index (χ0v) is 11.7. The van der Waals surface area contributed by atoms with Gasteiger partial charge in [0.05, 0.1) is 11.7 Å². The molecule has 0 aliphatic heterocycles. The van der Waals surface area contributed by atoms with Crippen LogP contribution in [0.15, 0.2) is 70.3 Å². The van der Waals surface area contributed by atoms with Crippen molar-refractivity contribution in [1.29, 1.82) is 0 Å². The summed E-state index contributed by atoms with van der Waals surface area (Å²) in [7, 11) is 0. The lowest BCUT2D eigenvalue weighted by atomic mass is 9.97. The minimum absolute atomic E-state index is 0.144. The Labute approximate surface area is 122 Å². The van der Waals surface area contributed by atoms with Gasteiger partial charge in [-0.25, -0.2) is 0 Å². The lowest BCUT2D eigenvalue weighted by Gasteiger charge is -2.22. The monoisotopic (exact) mass is 277 g/mol. The van der Waals surface area contributed by atoms with Gasteiger partial charge in [-0.2, -0.15) is 0 Å². The van der Waals surface area contributed by atoms with Crippen LogP contribution in [0.5, 0.6) is 0 Å². The Balaban J connectivity index is 2.02. The fraction of sp³-hybridized carbons (Fsp3) is 0.111. The maximum atomic E-state index is 11.7. The van der Waals surface area contributed by atoms with Gasteiger partial charge in [-0.15, -0.1) is 0 Å². The SMILES string of the molecule is Cc1c(NC(c2ccccc2)c2ccccc2)c(=O)c1=O. The highest BCUT2D eigenvalue weighted by Crippen LogP contribution is 2.26. The first kappa shape index (κ1) is 13.3. The second-order valence-electron chi connectivity index (χ2n) is 5.06. The molecule has 0 amide bonds. The number of benzene rings is 2. The molecule has 0 aliphatic rings. The van der Waals surface area contributed by atoms with Crippen LogP contribution in [0.25, 0.3) is 0 Å². The molecule has 3 rings (SSSR count). The quantitative estimate of drug-likeness (QED) is 0.746. The average molecular weight is 277 g/mol. The molecule has 0 fully saturated rings. The Kier molecular flexibility index (Phi) is 3.40. The second-order valence-corrected chi connectivity index (χ2v) is 5.06. The number of hydrogen-bond acceptors (Lipinski definition) is 3. The summed E-state index contributed by atoms with van der Waals surface area (Å²) < 4.78 is 0. The zero-order valence-electron chi connectivity index (χ0n) is 11.7. The van der Waals surface area contributed by atoms with Crippen molar-refractivity contribution in [3.63, 3.8) is 0 Å². The van der Waals surface area contributed by atoms with Crippen molar-refractivity contribution in [2.75, 3.05) is 5.32 Å². The number of anilines is 1. The molecule has 0 aromatic heterocycles. The Hall–Kier alpha value is -2.68. The van der Waals surface area contributed by atoms with Crippen LogP contribution in [0, 0.1) is 6.92 Å². The second kappa shape index (κ2) is 5.37. The highest BCUT2D eigenvalue weighted by Gasteiger charge is 2.21. The molecule has 3 aromatic carbocycles. The lowest BCUT2D eigenvalue weighted by Crippen LogP contribution is -2.37. The van der Waals surface area contributed by atoms with Crippen LogP contribution < -0.4 is 16.2 Å². The van der Waals surface area contributed by atoms with E-state index in [1.165, 1.54) is 0 Å². The topological polar surface area (TPSA) is 46.2 Å². The first-order valence-corrected chi connectivity index (χ1v) is 6.85. The summed E-state index contributed by atoms with van der Waals surface area (Å²) in [6, 6.07) is 19.6. The van der Waals surface area contributed by atoms with Crippen LogP contribution in [0.4, 0.5) is 5.69 Å². The van der Waals surface area contributed by atoms with Crippen molar-refractivity contribution >= 4 is 5.69 Å². The average Bonchev–Trinajstić information content (AvgIpc) is 2.56. The molecule has 3 nitrogen and oxygen atoms in total. The normalized spacial score (nSPS) is 11.0. The molecule has 0 bridgehead atoms. The van der Waals surface area contributed by atoms with Gasteiger partial charge in [0.25, 0.3) is 0 Å². The van der Waals surface area contributed by atoms with Gasteiger partial charge in [-0.1, -0.05) is 60.7 Å². The van der Waals surface area contributed by atoms with E-state index in [0.29, 0.717) is 11.3 Å². The molecule has 3 aromatic rings. The lowest BCUT2D eigenvalue weighted by molar-refractivity contribution is 0.927. The number of rotatable bonds is 4. The molecule has 104 valence electrons. The molecule has 3 heteroatoms. The molecule has 0 atom stereocenters. The Morgan fingerprint density at radius 3 is 1.67 bits per heavy atom. The fourth-order valence-electron chi connectivity index (χ4n) is 2.47. The van der Waals surface area contributed by atoms with Gasteiger partial charge in [-0.05, 0) is 18.1 Å². The predicted octanol–water partition coefficient (Wildman–Crippen LogP) is 2.79. The Morgan fingerprint density at radius 1 is 0.762 bits per heavy atom. The van der Waals surface area contributed by atoms with Crippen molar-refractivity contribution in [3.8, 4) is 0 Å². The van der Waals surface area contributed by atoms with Gasteiger partial charge in [0, 0.05) is 5.56 Å². The van der Waals surface area contributed by atoms with E-state index in [1.54, 1.807) is 6.92 Å². The Bertz CT molecular complexity index is 776. The van der Waals surface area contributed by atoms with E-state index in [-0.39, 0.29) is 6.04 Å². The summed E-state index contributed by atoms with van der Waals surface area (Å²) in [5, 5.41) is 3.23. The first-order chi connectivity index (χ1) is 10.2. The van der Waals surface area contributed by atoms with Crippen molar-refractivity contribution in [1.82, 2.24) is 0 Å². The summed E-state index contributed by atoms with van der Waals surface area (Å²) in [4.78, 5) is 23.1. The summed E-state index contributed by atoms with van der Waals surface area (Å²) in [6.07, 6.45) is 0. The highest BCUT2D eigenvalue weighted by atomic mass is 16.2. The molecule has 0 saturated carbocycles. The van der Waals surface area contributed by atoms with Crippen molar-refractivity contribution in [2.24, 2.45) is 0 Å². The number of hydrogen-bond donors (Lipinski definition) is 1. The van der Waals surface area contributed by atoms with E-state index in [9.17, 15) is 9.59 Å². The van der Waals surface area contributed by atoms with Crippen molar-refractivity contribution in [3.05, 3.63) is 97.8 Å². The van der Waals surface area contributed by atoms with Gasteiger partial charge in [0.2, 0.25) is 10.9 Å². The van der Waals surface area contributed by atoms with E-state index >= 15 is 0 Å². The van der Waals surface area contributed by atoms with Gasteiger partial charge in [0.15, 0.2) is 0 Å². The fourth-order valence-corrected chi connectivity index (χ4v) is 2.47. The largest absolute Gasteiger partial charge is 0.371 e.